The predicted molar refractivity (Wildman–Crippen MR) is 68.3 cm³/mol. The summed E-state index contributed by atoms with van der Waals surface area (Å²) >= 11 is 0. The van der Waals surface area contributed by atoms with Gasteiger partial charge in [-0.3, -0.25) is 0 Å². The molecular formula is C13H18N4O2. The molecule has 0 aromatic carbocycles. The Balaban J connectivity index is 1.64. The van der Waals surface area contributed by atoms with E-state index in [9.17, 15) is 0 Å². The largest absolute Gasteiger partial charge is 0.378 e. The molecule has 0 unspecified atom stereocenters. The Kier molecular flexibility index (Phi) is 3.59. The number of nitrogens with one attached hydrogen (secondary N) is 1. The second kappa shape index (κ2) is 5.52. The number of rotatable bonds is 4. The standard InChI is InChI=1S/C13H18N4O2/c1-2-10-7-9(3-6-18-10)8-11-16-13(17-19-11)12-14-4-5-15-12/h4-5,9-10H,2-3,6-8H2,1H3,(H,14,15)/t9-,10-/m1/s1. The van der Waals surface area contributed by atoms with Gasteiger partial charge in [-0.25, -0.2) is 4.98 Å². The molecule has 3 heterocycles. The van der Waals surface area contributed by atoms with E-state index in [1.165, 1.54) is 0 Å². The number of imidazole rings is 1. The van der Waals surface area contributed by atoms with Crippen LogP contribution in [0.2, 0.25) is 0 Å². The van der Waals surface area contributed by atoms with Gasteiger partial charge in [-0.2, -0.15) is 4.98 Å². The smallest absolute Gasteiger partial charge is 0.238 e. The van der Waals surface area contributed by atoms with Crippen LogP contribution in [0.15, 0.2) is 16.9 Å². The van der Waals surface area contributed by atoms with Gasteiger partial charge in [0.1, 0.15) is 0 Å². The summed E-state index contributed by atoms with van der Waals surface area (Å²) in [5, 5.41) is 3.95. The number of aromatic amines is 1. The molecule has 1 aliphatic rings. The Bertz CT molecular complexity index is 508. The lowest BCUT2D eigenvalue weighted by Gasteiger charge is -2.27. The van der Waals surface area contributed by atoms with Crippen LogP contribution in [0.3, 0.4) is 0 Å². The van der Waals surface area contributed by atoms with Crippen LogP contribution in [0.5, 0.6) is 0 Å². The number of aromatic nitrogens is 4. The lowest BCUT2D eigenvalue weighted by atomic mass is 9.91. The summed E-state index contributed by atoms with van der Waals surface area (Å²) in [6.45, 7) is 3.00. The van der Waals surface area contributed by atoms with Crippen molar-refractivity contribution in [2.75, 3.05) is 6.61 Å². The van der Waals surface area contributed by atoms with Crippen LogP contribution in [-0.2, 0) is 11.2 Å². The average molecular weight is 262 g/mol. The van der Waals surface area contributed by atoms with Gasteiger partial charge in [0.05, 0.1) is 6.10 Å². The third-order valence-electron chi connectivity index (χ3n) is 3.57. The van der Waals surface area contributed by atoms with E-state index in [2.05, 4.69) is 27.0 Å². The first kappa shape index (κ1) is 12.3. The topological polar surface area (TPSA) is 76.8 Å². The summed E-state index contributed by atoms with van der Waals surface area (Å²) in [6, 6.07) is 0. The Morgan fingerprint density at radius 1 is 1.47 bits per heavy atom. The van der Waals surface area contributed by atoms with Crippen LogP contribution in [0.1, 0.15) is 32.1 Å². The van der Waals surface area contributed by atoms with E-state index in [1.807, 2.05) is 0 Å². The van der Waals surface area contributed by atoms with Crippen LogP contribution in [0, 0.1) is 5.92 Å². The minimum absolute atomic E-state index is 0.381. The molecule has 6 nitrogen and oxygen atoms in total. The Morgan fingerprint density at radius 3 is 3.21 bits per heavy atom. The van der Waals surface area contributed by atoms with Crippen molar-refractivity contribution < 1.29 is 9.26 Å². The summed E-state index contributed by atoms with van der Waals surface area (Å²) in [6.07, 6.45) is 7.84. The van der Waals surface area contributed by atoms with Crippen molar-refractivity contribution in [1.29, 1.82) is 0 Å². The van der Waals surface area contributed by atoms with Crippen LogP contribution in [0.4, 0.5) is 0 Å². The van der Waals surface area contributed by atoms with Crippen molar-refractivity contribution in [1.82, 2.24) is 20.1 Å². The molecule has 0 bridgehead atoms. The molecule has 0 aliphatic carbocycles. The van der Waals surface area contributed by atoms with E-state index in [0.717, 1.165) is 32.3 Å². The zero-order chi connectivity index (χ0) is 13.1. The summed E-state index contributed by atoms with van der Waals surface area (Å²) in [5.41, 5.74) is 0. The number of hydrogen-bond donors (Lipinski definition) is 1. The van der Waals surface area contributed by atoms with E-state index >= 15 is 0 Å². The number of H-pyrrole nitrogens is 1. The molecule has 2 aromatic heterocycles. The minimum Gasteiger partial charge on any atom is -0.378 e. The lowest BCUT2D eigenvalue weighted by Crippen LogP contribution is -2.26. The van der Waals surface area contributed by atoms with Gasteiger partial charge in [0.15, 0.2) is 5.82 Å². The Morgan fingerprint density at radius 2 is 2.42 bits per heavy atom. The van der Waals surface area contributed by atoms with E-state index in [0.29, 0.717) is 29.6 Å². The third kappa shape index (κ3) is 2.84. The first-order valence-electron chi connectivity index (χ1n) is 6.79. The molecule has 1 fully saturated rings. The molecule has 1 aliphatic heterocycles. The van der Waals surface area contributed by atoms with Gasteiger partial charge in [-0.05, 0) is 25.2 Å². The van der Waals surface area contributed by atoms with Crippen molar-refractivity contribution in [2.24, 2.45) is 5.92 Å². The van der Waals surface area contributed by atoms with Crippen molar-refractivity contribution in [3.05, 3.63) is 18.3 Å². The van der Waals surface area contributed by atoms with Gasteiger partial charge in [-0.1, -0.05) is 12.1 Å². The van der Waals surface area contributed by atoms with E-state index < -0.39 is 0 Å². The molecular weight excluding hydrogens is 244 g/mol. The quantitative estimate of drug-likeness (QED) is 0.914. The van der Waals surface area contributed by atoms with Crippen LogP contribution in [0.25, 0.3) is 11.6 Å². The van der Waals surface area contributed by atoms with Crippen molar-refractivity contribution in [3.8, 4) is 11.6 Å². The zero-order valence-electron chi connectivity index (χ0n) is 11.0. The Hall–Kier alpha value is -1.69. The number of hydrogen-bond acceptors (Lipinski definition) is 5. The van der Waals surface area contributed by atoms with Gasteiger partial charge in [0.25, 0.3) is 0 Å². The first-order valence-corrected chi connectivity index (χ1v) is 6.79. The first-order chi connectivity index (χ1) is 9.35. The summed E-state index contributed by atoms with van der Waals surface area (Å²) in [5.74, 6) is 2.43. The monoisotopic (exact) mass is 262 g/mol. The van der Waals surface area contributed by atoms with E-state index in [1.54, 1.807) is 12.4 Å². The molecule has 2 atom stereocenters. The molecule has 1 saturated heterocycles. The highest BCUT2D eigenvalue weighted by Crippen LogP contribution is 2.25. The van der Waals surface area contributed by atoms with Crippen LogP contribution in [-0.4, -0.2) is 32.8 Å². The highest BCUT2D eigenvalue weighted by Gasteiger charge is 2.23. The normalized spacial score (nSPS) is 23.6. The summed E-state index contributed by atoms with van der Waals surface area (Å²) < 4.78 is 11.0. The van der Waals surface area contributed by atoms with Crippen molar-refractivity contribution in [3.63, 3.8) is 0 Å². The lowest BCUT2D eigenvalue weighted by molar-refractivity contribution is -0.0115. The maximum atomic E-state index is 5.68. The summed E-state index contributed by atoms with van der Waals surface area (Å²) in [4.78, 5) is 11.5. The molecule has 6 heteroatoms. The maximum Gasteiger partial charge on any atom is 0.238 e. The highest BCUT2D eigenvalue weighted by atomic mass is 16.5. The average Bonchev–Trinajstić information content (AvgIpc) is 3.09. The van der Waals surface area contributed by atoms with Crippen LogP contribution < -0.4 is 0 Å². The minimum atomic E-state index is 0.381. The van der Waals surface area contributed by atoms with Gasteiger partial charge in [0, 0.05) is 25.4 Å². The van der Waals surface area contributed by atoms with Gasteiger partial charge in [0.2, 0.25) is 11.7 Å². The predicted octanol–water partition coefficient (Wildman–Crippen LogP) is 2.21. The second-order valence-electron chi connectivity index (χ2n) is 4.95. The molecule has 0 saturated carbocycles. The van der Waals surface area contributed by atoms with Gasteiger partial charge >= 0.3 is 0 Å². The van der Waals surface area contributed by atoms with E-state index in [4.69, 9.17) is 9.26 Å². The maximum absolute atomic E-state index is 5.68. The molecule has 3 rings (SSSR count). The molecule has 1 N–H and O–H groups in total. The SMILES string of the molecule is CC[C@@H]1C[C@H](Cc2nc(-c3ncc[nH]3)no2)CCO1. The fraction of sp³-hybridized carbons (Fsp3) is 0.615. The van der Waals surface area contributed by atoms with E-state index in [-0.39, 0.29) is 0 Å². The fourth-order valence-corrected chi connectivity index (χ4v) is 2.50. The summed E-state index contributed by atoms with van der Waals surface area (Å²) in [7, 11) is 0. The molecule has 19 heavy (non-hydrogen) atoms. The van der Waals surface area contributed by atoms with Crippen molar-refractivity contribution in [2.45, 2.75) is 38.7 Å². The zero-order valence-corrected chi connectivity index (χ0v) is 11.0. The molecule has 0 spiro atoms. The Labute approximate surface area is 111 Å². The molecule has 102 valence electrons. The van der Waals surface area contributed by atoms with Crippen LogP contribution >= 0.6 is 0 Å². The molecule has 0 radical (unpaired) electrons. The van der Waals surface area contributed by atoms with Gasteiger partial charge < -0.3 is 14.2 Å². The van der Waals surface area contributed by atoms with Gasteiger partial charge in [-0.15, -0.1) is 0 Å². The fourth-order valence-electron chi connectivity index (χ4n) is 2.50. The number of ether oxygens (including phenoxy) is 1. The number of nitrogens with zero attached hydrogens (tertiary/aromatic N) is 3. The van der Waals surface area contributed by atoms with Crippen molar-refractivity contribution >= 4 is 0 Å². The second-order valence-corrected chi connectivity index (χ2v) is 4.95. The highest BCUT2D eigenvalue weighted by molar-refractivity contribution is 5.40. The molecule has 2 aromatic rings. The third-order valence-corrected chi connectivity index (χ3v) is 3.57. The molecule has 0 amide bonds.